The summed E-state index contributed by atoms with van der Waals surface area (Å²) in [5, 5.41) is 3.24. The number of nitrogens with zero attached hydrogens (tertiary/aromatic N) is 3. The van der Waals surface area contributed by atoms with Gasteiger partial charge in [0.05, 0.1) is 16.3 Å². The minimum Gasteiger partial charge on any atom is -0.268 e. The number of para-hydroxylation sites is 1. The van der Waals surface area contributed by atoms with Crippen molar-refractivity contribution in [1.29, 1.82) is 0 Å². The van der Waals surface area contributed by atoms with Crippen LogP contribution < -0.4 is 4.90 Å². The third kappa shape index (κ3) is 3.93. The predicted octanol–water partition coefficient (Wildman–Crippen LogP) is 5.82. The van der Waals surface area contributed by atoms with Gasteiger partial charge in [-0.3, -0.25) is 9.69 Å². The lowest BCUT2D eigenvalue weighted by molar-refractivity contribution is -0.113. The molecule has 4 rings (SSSR count). The second-order valence-corrected chi connectivity index (χ2v) is 8.19. The zero-order valence-electron chi connectivity index (χ0n) is 15.6. The zero-order valence-corrected chi connectivity index (χ0v) is 17.3. The molecule has 0 unspecified atom stereocenters. The SMILES string of the molecule is CCc1ccc(/C=C2\S/C(=N/c3nc(C)cs3)N(c3ccccc3)C2=O)cc1. The zero-order chi connectivity index (χ0) is 19.5. The van der Waals surface area contributed by atoms with Crippen molar-refractivity contribution >= 4 is 51.1 Å². The molecule has 140 valence electrons. The van der Waals surface area contributed by atoms with Crippen LogP contribution in [0.25, 0.3) is 6.08 Å². The topological polar surface area (TPSA) is 45.6 Å². The molecule has 0 atom stereocenters. The molecule has 0 aliphatic carbocycles. The minimum atomic E-state index is -0.0669. The van der Waals surface area contributed by atoms with Gasteiger partial charge in [-0.1, -0.05) is 49.4 Å². The van der Waals surface area contributed by atoms with E-state index in [2.05, 4.69) is 29.0 Å². The molecule has 2 heterocycles. The molecule has 1 amide bonds. The number of hydrogen-bond acceptors (Lipinski definition) is 5. The molecule has 4 nitrogen and oxygen atoms in total. The molecule has 3 aromatic rings. The largest absolute Gasteiger partial charge is 0.271 e. The summed E-state index contributed by atoms with van der Waals surface area (Å²) in [5.41, 5.74) is 4.01. The molecule has 2 aromatic carbocycles. The summed E-state index contributed by atoms with van der Waals surface area (Å²) in [7, 11) is 0. The fraction of sp³-hybridized carbons (Fsp3) is 0.136. The summed E-state index contributed by atoms with van der Waals surface area (Å²) in [5.74, 6) is -0.0669. The number of aliphatic imine (C=N–C) groups is 1. The maximum atomic E-state index is 13.2. The fourth-order valence-corrected chi connectivity index (χ4v) is 4.53. The first-order valence-electron chi connectivity index (χ1n) is 9.03. The molecule has 1 aromatic heterocycles. The van der Waals surface area contributed by atoms with Crippen LogP contribution >= 0.6 is 23.1 Å². The van der Waals surface area contributed by atoms with Crippen molar-refractivity contribution in [3.63, 3.8) is 0 Å². The standard InChI is InChI=1S/C22H19N3OS2/c1-3-16-9-11-17(12-10-16)13-19-20(26)25(18-7-5-4-6-8-18)22(28-19)24-21-23-15(2)14-27-21/h4-14H,3H2,1-2H3/b19-13-,24-22+. The van der Waals surface area contributed by atoms with Crippen LogP contribution in [0, 0.1) is 6.92 Å². The van der Waals surface area contributed by atoms with Crippen molar-refractivity contribution in [3.05, 3.63) is 81.7 Å². The Hall–Kier alpha value is -2.70. The first kappa shape index (κ1) is 18.7. The average Bonchev–Trinajstić information content (AvgIpc) is 3.26. The lowest BCUT2D eigenvalue weighted by Gasteiger charge is -2.14. The van der Waals surface area contributed by atoms with Crippen LogP contribution in [0.5, 0.6) is 0 Å². The van der Waals surface area contributed by atoms with Crippen molar-refractivity contribution < 1.29 is 4.79 Å². The van der Waals surface area contributed by atoms with Crippen LogP contribution in [0.15, 0.2) is 69.9 Å². The van der Waals surface area contributed by atoms with Crippen LogP contribution in [-0.4, -0.2) is 16.1 Å². The van der Waals surface area contributed by atoms with Gasteiger partial charge in [0.2, 0.25) is 5.13 Å². The fourth-order valence-electron chi connectivity index (χ4n) is 2.83. The van der Waals surface area contributed by atoms with E-state index in [0.717, 1.165) is 23.4 Å². The molecule has 28 heavy (non-hydrogen) atoms. The van der Waals surface area contributed by atoms with E-state index in [4.69, 9.17) is 0 Å². The quantitative estimate of drug-likeness (QED) is 0.514. The van der Waals surface area contributed by atoms with Crippen molar-refractivity contribution in [2.24, 2.45) is 4.99 Å². The number of thioether (sulfide) groups is 1. The van der Waals surface area contributed by atoms with Crippen LogP contribution in [0.2, 0.25) is 0 Å². The summed E-state index contributed by atoms with van der Waals surface area (Å²) in [4.78, 5) is 24.6. The monoisotopic (exact) mass is 405 g/mol. The third-order valence-electron chi connectivity index (χ3n) is 4.30. The van der Waals surface area contributed by atoms with Crippen LogP contribution in [-0.2, 0) is 11.2 Å². The number of rotatable bonds is 4. The van der Waals surface area contributed by atoms with Gasteiger partial charge in [0.15, 0.2) is 5.17 Å². The van der Waals surface area contributed by atoms with Gasteiger partial charge in [0.25, 0.3) is 5.91 Å². The molecule has 1 aliphatic heterocycles. The van der Waals surface area contributed by atoms with E-state index in [1.807, 2.05) is 60.8 Å². The highest BCUT2D eigenvalue weighted by Gasteiger charge is 2.34. The number of amides is 1. The lowest BCUT2D eigenvalue weighted by atomic mass is 10.1. The number of amidine groups is 1. The Labute approximate surface area is 172 Å². The van der Waals surface area contributed by atoms with E-state index in [9.17, 15) is 4.79 Å². The van der Waals surface area contributed by atoms with E-state index in [1.165, 1.54) is 28.7 Å². The molecule has 1 saturated heterocycles. The van der Waals surface area contributed by atoms with E-state index in [0.29, 0.717) is 15.2 Å². The molecular formula is C22H19N3OS2. The maximum Gasteiger partial charge on any atom is 0.271 e. The molecule has 0 bridgehead atoms. The maximum absolute atomic E-state index is 13.2. The minimum absolute atomic E-state index is 0.0669. The number of anilines is 1. The van der Waals surface area contributed by atoms with Crippen LogP contribution in [0.4, 0.5) is 10.8 Å². The third-order valence-corrected chi connectivity index (χ3v) is 6.13. The van der Waals surface area contributed by atoms with Gasteiger partial charge in [-0.25, -0.2) is 4.98 Å². The van der Waals surface area contributed by atoms with Crippen molar-refractivity contribution in [1.82, 2.24) is 4.98 Å². The molecule has 0 saturated carbocycles. The van der Waals surface area contributed by atoms with Gasteiger partial charge in [0, 0.05) is 5.38 Å². The average molecular weight is 406 g/mol. The van der Waals surface area contributed by atoms with E-state index in [1.54, 1.807) is 4.90 Å². The van der Waals surface area contributed by atoms with E-state index < -0.39 is 0 Å². The number of thiazole rings is 1. The summed E-state index contributed by atoms with van der Waals surface area (Å²) >= 11 is 2.86. The molecule has 6 heteroatoms. The highest BCUT2D eigenvalue weighted by atomic mass is 32.2. The molecule has 0 spiro atoms. The smallest absolute Gasteiger partial charge is 0.268 e. The van der Waals surface area contributed by atoms with Crippen LogP contribution in [0.3, 0.4) is 0 Å². The van der Waals surface area contributed by atoms with Crippen molar-refractivity contribution in [2.45, 2.75) is 20.3 Å². The van der Waals surface area contributed by atoms with E-state index in [-0.39, 0.29) is 5.91 Å². The van der Waals surface area contributed by atoms with E-state index >= 15 is 0 Å². The summed E-state index contributed by atoms with van der Waals surface area (Å²) in [6.45, 7) is 4.07. The number of hydrogen-bond donors (Lipinski definition) is 0. The van der Waals surface area contributed by atoms with Gasteiger partial charge in [-0.2, -0.15) is 4.99 Å². The van der Waals surface area contributed by atoms with Gasteiger partial charge < -0.3 is 0 Å². The number of carbonyl (C=O) groups is 1. The summed E-state index contributed by atoms with van der Waals surface area (Å²) < 4.78 is 0. The van der Waals surface area contributed by atoms with Gasteiger partial charge >= 0.3 is 0 Å². The predicted molar refractivity (Wildman–Crippen MR) is 119 cm³/mol. The number of benzene rings is 2. The normalized spacial score (nSPS) is 17.1. The molecule has 1 fully saturated rings. The second kappa shape index (κ2) is 8.12. The first-order chi connectivity index (χ1) is 13.6. The van der Waals surface area contributed by atoms with Crippen molar-refractivity contribution in [3.8, 4) is 0 Å². The summed E-state index contributed by atoms with van der Waals surface area (Å²) in [6.07, 6.45) is 2.92. The number of aryl methyl sites for hydroxylation is 2. The number of carbonyl (C=O) groups excluding carboxylic acids is 1. The highest BCUT2D eigenvalue weighted by molar-refractivity contribution is 8.19. The summed E-state index contributed by atoms with van der Waals surface area (Å²) in [6, 6.07) is 17.9. The molecular weight excluding hydrogens is 386 g/mol. The van der Waals surface area contributed by atoms with Gasteiger partial charge in [-0.05, 0) is 54.4 Å². The lowest BCUT2D eigenvalue weighted by Crippen LogP contribution is -2.28. The Morgan fingerprint density at radius 2 is 1.86 bits per heavy atom. The van der Waals surface area contributed by atoms with Gasteiger partial charge in [-0.15, -0.1) is 11.3 Å². The van der Waals surface area contributed by atoms with Gasteiger partial charge in [0.1, 0.15) is 0 Å². The Kier molecular flexibility index (Phi) is 5.41. The second-order valence-electron chi connectivity index (χ2n) is 6.35. The molecule has 1 aliphatic rings. The Bertz CT molecular complexity index is 1050. The Balaban J connectivity index is 1.73. The van der Waals surface area contributed by atoms with Crippen LogP contribution in [0.1, 0.15) is 23.7 Å². The Morgan fingerprint density at radius 3 is 2.50 bits per heavy atom. The first-order valence-corrected chi connectivity index (χ1v) is 10.7. The molecule has 0 N–H and O–H groups in total. The number of aromatic nitrogens is 1. The Morgan fingerprint density at radius 1 is 1.11 bits per heavy atom. The highest BCUT2D eigenvalue weighted by Crippen LogP contribution is 2.37. The molecule has 0 radical (unpaired) electrons. The van der Waals surface area contributed by atoms with Crippen molar-refractivity contribution in [2.75, 3.05) is 4.90 Å².